The molecule has 0 atom stereocenters. The van der Waals surface area contributed by atoms with Crippen molar-refractivity contribution >= 4 is 11.8 Å². The quantitative estimate of drug-likeness (QED) is 0.673. The molecule has 2 aromatic rings. The molecule has 1 N–H and O–H groups in total. The number of hydrogen-bond donors (Lipinski definition) is 1. The summed E-state index contributed by atoms with van der Waals surface area (Å²) in [5.41, 5.74) is 2.03. The zero-order valence-corrected chi connectivity index (χ0v) is 13.3. The molecule has 2 heterocycles. The lowest BCUT2D eigenvalue weighted by Gasteiger charge is -2.01. The van der Waals surface area contributed by atoms with E-state index in [2.05, 4.69) is 15.1 Å². The minimum atomic E-state index is -0.558. The Labute approximate surface area is 128 Å². The second kappa shape index (κ2) is 6.13. The first kappa shape index (κ1) is 15.9. The Kier molecular flexibility index (Phi) is 4.44. The molecule has 0 unspecified atom stereocenters. The third-order valence-electron chi connectivity index (χ3n) is 3.32. The van der Waals surface area contributed by atoms with Crippen molar-refractivity contribution < 1.29 is 18.8 Å². The van der Waals surface area contributed by atoms with Gasteiger partial charge in [-0.15, -0.1) is 0 Å². The van der Waals surface area contributed by atoms with E-state index in [9.17, 15) is 9.59 Å². The maximum absolute atomic E-state index is 12.1. The normalized spacial score (nSPS) is 11.0. The minimum Gasteiger partial charge on any atom is -0.451 e. The fourth-order valence-corrected chi connectivity index (χ4v) is 2.24. The van der Waals surface area contributed by atoms with Crippen LogP contribution in [0.4, 0.5) is 0 Å². The first-order valence-corrected chi connectivity index (χ1v) is 7.01. The number of esters is 1. The van der Waals surface area contributed by atoms with Gasteiger partial charge in [0, 0.05) is 17.2 Å². The molecule has 2 aromatic heterocycles. The highest BCUT2D eigenvalue weighted by atomic mass is 16.6. The van der Waals surface area contributed by atoms with Gasteiger partial charge in [0.2, 0.25) is 0 Å². The lowest BCUT2D eigenvalue weighted by Crippen LogP contribution is -2.08. The molecule has 0 aliphatic heterocycles. The molecule has 0 saturated heterocycles. The van der Waals surface area contributed by atoms with E-state index in [0.717, 1.165) is 0 Å². The number of ketones is 1. The van der Waals surface area contributed by atoms with Gasteiger partial charge in [-0.05, 0) is 26.3 Å². The minimum absolute atomic E-state index is 0.0937. The van der Waals surface area contributed by atoms with E-state index in [1.807, 2.05) is 13.8 Å². The van der Waals surface area contributed by atoms with Crippen LogP contribution < -0.4 is 0 Å². The van der Waals surface area contributed by atoms with Crippen LogP contribution >= 0.6 is 0 Å². The van der Waals surface area contributed by atoms with Crippen LogP contribution in [0.1, 0.15) is 70.5 Å². The summed E-state index contributed by atoms with van der Waals surface area (Å²) in [6.45, 7) is 8.69. The van der Waals surface area contributed by atoms with Gasteiger partial charge < -0.3 is 14.2 Å². The molecular weight excluding hydrogens is 286 g/mol. The van der Waals surface area contributed by atoms with Crippen LogP contribution in [0.5, 0.6) is 0 Å². The average Bonchev–Trinajstić information content (AvgIpc) is 3.01. The van der Waals surface area contributed by atoms with Crippen LogP contribution in [-0.4, -0.2) is 26.9 Å². The summed E-state index contributed by atoms with van der Waals surface area (Å²) in [4.78, 5) is 30.7. The standard InChI is InChI=1S/C15H19N3O4/c1-7(2)14-17-11(22-18-14)6-21-15(20)13-8(3)12(10(5)19)9(4)16-13/h7,16H,6H2,1-5H3. The fourth-order valence-electron chi connectivity index (χ4n) is 2.24. The molecule has 0 saturated carbocycles. The zero-order valence-electron chi connectivity index (χ0n) is 13.3. The van der Waals surface area contributed by atoms with Crippen LogP contribution in [-0.2, 0) is 11.3 Å². The number of aromatic nitrogens is 3. The smallest absolute Gasteiger partial charge is 0.355 e. The monoisotopic (exact) mass is 305 g/mol. The van der Waals surface area contributed by atoms with Gasteiger partial charge >= 0.3 is 5.97 Å². The molecule has 0 fully saturated rings. The molecule has 0 bridgehead atoms. The number of carbonyl (C=O) groups is 2. The van der Waals surface area contributed by atoms with Crippen molar-refractivity contribution in [1.82, 2.24) is 15.1 Å². The van der Waals surface area contributed by atoms with Crippen molar-refractivity contribution in [3.63, 3.8) is 0 Å². The van der Waals surface area contributed by atoms with E-state index < -0.39 is 5.97 Å². The van der Waals surface area contributed by atoms with Gasteiger partial charge in [0.25, 0.3) is 5.89 Å². The Morgan fingerprint density at radius 3 is 2.50 bits per heavy atom. The van der Waals surface area contributed by atoms with E-state index in [1.54, 1.807) is 13.8 Å². The van der Waals surface area contributed by atoms with Crippen molar-refractivity contribution in [3.8, 4) is 0 Å². The third kappa shape index (κ3) is 3.08. The van der Waals surface area contributed by atoms with Gasteiger partial charge in [-0.3, -0.25) is 4.79 Å². The highest BCUT2D eigenvalue weighted by molar-refractivity contribution is 6.01. The second-order valence-electron chi connectivity index (χ2n) is 5.46. The summed E-state index contributed by atoms with van der Waals surface area (Å²) in [6, 6.07) is 0. The predicted octanol–water partition coefficient (Wildman–Crippen LogP) is 2.70. The summed E-state index contributed by atoms with van der Waals surface area (Å²) in [5, 5.41) is 3.80. The van der Waals surface area contributed by atoms with E-state index in [0.29, 0.717) is 22.6 Å². The highest BCUT2D eigenvalue weighted by Gasteiger charge is 2.21. The van der Waals surface area contributed by atoms with Gasteiger partial charge in [-0.2, -0.15) is 4.98 Å². The molecule has 0 amide bonds. The van der Waals surface area contributed by atoms with E-state index in [1.165, 1.54) is 6.92 Å². The number of nitrogens with one attached hydrogen (secondary N) is 1. The summed E-state index contributed by atoms with van der Waals surface area (Å²) in [5.74, 6) is 0.294. The van der Waals surface area contributed by atoms with Crippen molar-refractivity contribution in [1.29, 1.82) is 0 Å². The fraction of sp³-hybridized carbons (Fsp3) is 0.467. The largest absolute Gasteiger partial charge is 0.451 e. The number of H-pyrrole nitrogens is 1. The number of hydrogen-bond acceptors (Lipinski definition) is 6. The summed E-state index contributed by atoms with van der Waals surface area (Å²) in [7, 11) is 0. The van der Waals surface area contributed by atoms with Crippen LogP contribution in [0.3, 0.4) is 0 Å². The van der Waals surface area contributed by atoms with Gasteiger partial charge in [0.15, 0.2) is 18.2 Å². The summed E-state index contributed by atoms with van der Waals surface area (Å²) < 4.78 is 10.2. The molecule has 0 radical (unpaired) electrons. The SMILES string of the molecule is CC(=O)c1c(C)[nH]c(C(=O)OCc2nc(C(C)C)no2)c1C. The van der Waals surface area contributed by atoms with Crippen LogP contribution in [0.2, 0.25) is 0 Å². The Morgan fingerprint density at radius 1 is 1.32 bits per heavy atom. The molecule has 22 heavy (non-hydrogen) atoms. The maximum atomic E-state index is 12.1. The van der Waals surface area contributed by atoms with E-state index >= 15 is 0 Å². The molecule has 0 aliphatic carbocycles. The van der Waals surface area contributed by atoms with Crippen molar-refractivity contribution in [3.05, 3.63) is 34.2 Å². The molecule has 0 aliphatic rings. The number of carbonyl (C=O) groups excluding carboxylic acids is 2. The Bertz CT molecular complexity index is 712. The topological polar surface area (TPSA) is 98.1 Å². The third-order valence-corrected chi connectivity index (χ3v) is 3.32. The molecule has 0 aromatic carbocycles. The number of ether oxygens (including phenoxy) is 1. The lowest BCUT2D eigenvalue weighted by atomic mass is 10.1. The Morgan fingerprint density at radius 2 is 2.00 bits per heavy atom. The number of aryl methyl sites for hydroxylation is 1. The highest BCUT2D eigenvalue weighted by Crippen LogP contribution is 2.19. The molecule has 7 heteroatoms. The molecular formula is C15H19N3O4. The first-order chi connectivity index (χ1) is 10.3. The lowest BCUT2D eigenvalue weighted by molar-refractivity contribution is 0.0422. The Hall–Kier alpha value is -2.44. The number of aromatic amines is 1. The van der Waals surface area contributed by atoms with Gasteiger partial charge in [-0.1, -0.05) is 19.0 Å². The van der Waals surface area contributed by atoms with Gasteiger partial charge in [0.05, 0.1) is 0 Å². The molecule has 2 rings (SSSR count). The van der Waals surface area contributed by atoms with Crippen LogP contribution in [0, 0.1) is 13.8 Å². The zero-order chi connectivity index (χ0) is 16.4. The summed E-state index contributed by atoms with van der Waals surface area (Å²) in [6.07, 6.45) is 0. The molecule has 118 valence electrons. The number of Topliss-reactive ketones (excluding diaryl/α,β-unsaturated/α-hetero) is 1. The maximum Gasteiger partial charge on any atom is 0.355 e. The number of nitrogens with zero attached hydrogens (tertiary/aromatic N) is 2. The predicted molar refractivity (Wildman–Crippen MR) is 77.8 cm³/mol. The Balaban J connectivity index is 2.09. The van der Waals surface area contributed by atoms with E-state index in [4.69, 9.17) is 9.26 Å². The van der Waals surface area contributed by atoms with Crippen LogP contribution in [0.15, 0.2) is 4.52 Å². The number of rotatable bonds is 5. The average molecular weight is 305 g/mol. The van der Waals surface area contributed by atoms with Crippen molar-refractivity contribution in [2.75, 3.05) is 0 Å². The van der Waals surface area contributed by atoms with E-state index in [-0.39, 0.29) is 29.9 Å². The van der Waals surface area contributed by atoms with Crippen molar-refractivity contribution in [2.45, 2.75) is 47.1 Å². The van der Waals surface area contributed by atoms with Gasteiger partial charge in [-0.25, -0.2) is 4.79 Å². The van der Waals surface area contributed by atoms with Gasteiger partial charge in [0.1, 0.15) is 5.69 Å². The summed E-state index contributed by atoms with van der Waals surface area (Å²) >= 11 is 0. The molecule has 7 nitrogen and oxygen atoms in total. The van der Waals surface area contributed by atoms with Crippen LogP contribution in [0.25, 0.3) is 0 Å². The first-order valence-electron chi connectivity index (χ1n) is 7.01. The second-order valence-corrected chi connectivity index (χ2v) is 5.46. The van der Waals surface area contributed by atoms with Crippen molar-refractivity contribution in [2.24, 2.45) is 0 Å². The molecule has 0 spiro atoms.